The number of Topliss-reactive ketones (excluding diaryl/α,β-unsaturated/α-hetero) is 1. The van der Waals surface area contributed by atoms with Crippen LogP contribution in [0.15, 0.2) is 30.3 Å². The van der Waals surface area contributed by atoms with Crippen molar-refractivity contribution in [2.24, 2.45) is 0 Å². The molecule has 0 aliphatic heterocycles. The summed E-state index contributed by atoms with van der Waals surface area (Å²) in [5.74, 6) is -0.719. The van der Waals surface area contributed by atoms with Gasteiger partial charge < -0.3 is 4.90 Å². The molecule has 0 aliphatic carbocycles. The van der Waals surface area contributed by atoms with Gasteiger partial charge in [0.25, 0.3) is 5.91 Å². The van der Waals surface area contributed by atoms with Gasteiger partial charge in [0.05, 0.1) is 0 Å². The maximum Gasteiger partial charge on any atom is 0.290 e. The minimum Gasteiger partial charge on any atom is -0.337 e. The van der Waals surface area contributed by atoms with Crippen LogP contribution in [0.5, 0.6) is 0 Å². The normalized spacial score (nSPS) is 9.88. The van der Waals surface area contributed by atoms with Crippen LogP contribution < -0.4 is 0 Å². The van der Waals surface area contributed by atoms with Gasteiger partial charge in [0.15, 0.2) is 0 Å². The quantitative estimate of drug-likeness (QED) is 0.706. The molecular formula is C13H17NO2. The molecule has 0 bridgehead atoms. The number of hydrogen-bond donors (Lipinski definition) is 0. The number of benzene rings is 1. The second kappa shape index (κ2) is 6.05. The molecule has 0 saturated carbocycles. The average Bonchev–Trinajstić information content (AvgIpc) is 2.31. The highest BCUT2D eigenvalue weighted by Gasteiger charge is 2.18. The highest BCUT2D eigenvalue weighted by molar-refractivity contribution is 6.36. The highest BCUT2D eigenvalue weighted by Crippen LogP contribution is 2.02. The molecule has 0 radical (unpaired) electrons. The van der Waals surface area contributed by atoms with E-state index in [1.165, 1.54) is 0 Å². The van der Waals surface area contributed by atoms with Crippen LogP contribution in [-0.2, 0) is 16.0 Å². The van der Waals surface area contributed by atoms with Crippen molar-refractivity contribution in [2.75, 3.05) is 13.1 Å². The topological polar surface area (TPSA) is 37.4 Å². The zero-order valence-corrected chi connectivity index (χ0v) is 9.77. The van der Waals surface area contributed by atoms with Crippen molar-refractivity contribution in [1.29, 1.82) is 0 Å². The van der Waals surface area contributed by atoms with E-state index in [-0.39, 0.29) is 18.1 Å². The van der Waals surface area contributed by atoms with Gasteiger partial charge >= 0.3 is 0 Å². The number of amides is 1. The molecule has 3 heteroatoms. The van der Waals surface area contributed by atoms with Crippen LogP contribution in [0.25, 0.3) is 0 Å². The van der Waals surface area contributed by atoms with E-state index in [2.05, 4.69) is 0 Å². The van der Waals surface area contributed by atoms with Crippen LogP contribution in [0.4, 0.5) is 0 Å². The molecule has 0 N–H and O–H groups in total. The molecule has 0 heterocycles. The third-order valence-corrected chi connectivity index (χ3v) is 2.50. The van der Waals surface area contributed by atoms with Gasteiger partial charge in [0.1, 0.15) is 0 Å². The van der Waals surface area contributed by atoms with E-state index in [9.17, 15) is 9.59 Å². The Morgan fingerprint density at radius 3 is 2.12 bits per heavy atom. The Morgan fingerprint density at radius 2 is 1.62 bits per heavy atom. The molecule has 86 valence electrons. The number of ketones is 1. The van der Waals surface area contributed by atoms with Gasteiger partial charge in [-0.25, -0.2) is 0 Å². The Labute approximate surface area is 96.1 Å². The fraction of sp³-hybridized carbons (Fsp3) is 0.385. The van der Waals surface area contributed by atoms with Crippen molar-refractivity contribution >= 4 is 11.7 Å². The third-order valence-electron chi connectivity index (χ3n) is 2.50. The van der Waals surface area contributed by atoms with Gasteiger partial charge in [-0.15, -0.1) is 0 Å². The first-order chi connectivity index (χ1) is 7.69. The average molecular weight is 219 g/mol. The highest BCUT2D eigenvalue weighted by atomic mass is 16.2. The lowest BCUT2D eigenvalue weighted by Crippen LogP contribution is -2.37. The summed E-state index contributed by atoms with van der Waals surface area (Å²) in [6.07, 6.45) is 0.191. The second-order valence-electron chi connectivity index (χ2n) is 3.56. The summed E-state index contributed by atoms with van der Waals surface area (Å²) in [7, 11) is 0. The van der Waals surface area contributed by atoms with Crippen LogP contribution in [-0.4, -0.2) is 29.7 Å². The van der Waals surface area contributed by atoms with Crippen LogP contribution in [0.3, 0.4) is 0 Å². The lowest BCUT2D eigenvalue weighted by Gasteiger charge is -2.17. The maximum absolute atomic E-state index is 11.7. The van der Waals surface area contributed by atoms with E-state index in [0.29, 0.717) is 13.1 Å². The number of nitrogens with zero attached hydrogens (tertiary/aromatic N) is 1. The summed E-state index contributed by atoms with van der Waals surface area (Å²) in [5, 5.41) is 0. The largest absolute Gasteiger partial charge is 0.337 e. The van der Waals surface area contributed by atoms with Gasteiger partial charge in [-0.2, -0.15) is 0 Å². The summed E-state index contributed by atoms with van der Waals surface area (Å²) in [6, 6.07) is 9.33. The van der Waals surface area contributed by atoms with Gasteiger partial charge in [-0.3, -0.25) is 9.59 Å². The molecule has 0 aromatic heterocycles. The fourth-order valence-corrected chi connectivity index (χ4v) is 1.54. The van der Waals surface area contributed by atoms with E-state index in [1.54, 1.807) is 4.90 Å². The van der Waals surface area contributed by atoms with Gasteiger partial charge in [0, 0.05) is 19.5 Å². The smallest absolute Gasteiger partial charge is 0.290 e. The number of carbonyl (C=O) groups is 2. The predicted octanol–water partition coefficient (Wildman–Crippen LogP) is 1.67. The van der Waals surface area contributed by atoms with Crippen molar-refractivity contribution in [3.8, 4) is 0 Å². The number of carbonyl (C=O) groups excluding carboxylic acids is 2. The molecular weight excluding hydrogens is 202 g/mol. The van der Waals surface area contributed by atoms with Crippen molar-refractivity contribution < 1.29 is 9.59 Å². The molecule has 16 heavy (non-hydrogen) atoms. The number of rotatable bonds is 5. The number of likely N-dealkylation sites (N-methyl/N-ethyl adjacent to an activating group) is 1. The van der Waals surface area contributed by atoms with Gasteiger partial charge in [-0.05, 0) is 19.4 Å². The van der Waals surface area contributed by atoms with E-state index in [0.717, 1.165) is 5.56 Å². The molecule has 1 aromatic rings. The Kier molecular flexibility index (Phi) is 4.70. The van der Waals surface area contributed by atoms with Crippen LogP contribution in [0, 0.1) is 0 Å². The second-order valence-corrected chi connectivity index (χ2v) is 3.56. The van der Waals surface area contributed by atoms with Crippen molar-refractivity contribution in [3.05, 3.63) is 35.9 Å². The van der Waals surface area contributed by atoms with Crippen molar-refractivity contribution in [3.63, 3.8) is 0 Å². The first-order valence-electron chi connectivity index (χ1n) is 5.55. The van der Waals surface area contributed by atoms with E-state index >= 15 is 0 Å². The van der Waals surface area contributed by atoms with E-state index < -0.39 is 0 Å². The summed E-state index contributed by atoms with van der Waals surface area (Å²) < 4.78 is 0. The Balaban J connectivity index is 2.62. The molecule has 0 unspecified atom stereocenters. The third kappa shape index (κ3) is 3.19. The molecule has 1 amide bonds. The Morgan fingerprint density at radius 1 is 1.06 bits per heavy atom. The first-order valence-corrected chi connectivity index (χ1v) is 5.55. The molecule has 0 atom stereocenters. The summed E-state index contributed by atoms with van der Waals surface area (Å²) in [6.45, 7) is 4.90. The summed E-state index contributed by atoms with van der Waals surface area (Å²) >= 11 is 0. The molecule has 0 spiro atoms. The monoisotopic (exact) mass is 219 g/mol. The van der Waals surface area contributed by atoms with Gasteiger partial charge in [0.2, 0.25) is 5.78 Å². The van der Waals surface area contributed by atoms with Crippen LogP contribution in [0.1, 0.15) is 19.4 Å². The fourth-order valence-electron chi connectivity index (χ4n) is 1.54. The zero-order chi connectivity index (χ0) is 12.0. The van der Waals surface area contributed by atoms with Crippen molar-refractivity contribution in [1.82, 2.24) is 4.90 Å². The van der Waals surface area contributed by atoms with E-state index in [1.807, 2.05) is 44.2 Å². The molecule has 0 fully saturated rings. The lowest BCUT2D eigenvalue weighted by atomic mass is 10.1. The lowest BCUT2D eigenvalue weighted by molar-refractivity contribution is -0.144. The molecule has 0 aliphatic rings. The minimum absolute atomic E-state index is 0.191. The number of hydrogen-bond acceptors (Lipinski definition) is 2. The first kappa shape index (κ1) is 12.4. The molecule has 3 nitrogen and oxygen atoms in total. The zero-order valence-electron chi connectivity index (χ0n) is 9.77. The minimum atomic E-state index is -0.381. The van der Waals surface area contributed by atoms with Gasteiger partial charge in [-0.1, -0.05) is 30.3 Å². The van der Waals surface area contributed by atoms with E-state index in [4.69, 9.17) is 0 Å². The summed E-state index contributed by atoms with van der Waals surface area (Å²) in [5.41, 5.74) is 0.882. The Bertz CT molecular complexity index is 355. The molecule has 1 aromatic carbocycles. The maximum atomic E-state index is 11.7. The Hall–Kier alpha value is -1.64. The van der Waals surface area contributed by atoms with Crippen LogP contribution in [0.2, 0.25) is 0 Å². The standard InChI is InChI=1S/C13H17NO2/c1-3-14(4-2)13(16)12(15)10-11-8-6-5-7-9-11/h5-9H,3-4,10H2,1-2H3. The summed E-state index contributed by atoms with van der Waals surface area (Å²) in [4.78, 5) is 24.9. The molecule has 1 rings (SSSR count). The SMILES string of the molecule is CCN(CC)C(=O)C(=O)Cc1ccccc1. The van der Waals surface area contributed by atoms with Crippen LogP contribution >= 0.6 is 0 Å². The van der Waals surface area contributed by atoms with Crippen molar-refractivity contribution in [2.45, 2.75) is 20.3 Å². The predicted molar refractivity (Wildman–Crippen MR) is 63.1 cm³/mol. The molecule has 0 saturated heterocycles.